The smallest absolute Gasteiger partial charge is 0.137 e. The van der Waals surface area contributed by atoms with Gasteiger partial charge in [-0.25, -0.2) is 4.39 Å². The number of nitrogens with one attached hydrogen (secondary N) is 1. The molecule has 0 amide bonds. The second-order valence-electron chi connectivity index (χ2n) is 5.38. The van der Waals surface area contributed by atoms with Crippen LogP contribution in [0.1, 0.15) is 32.3 Å². The van der Waals surface area contributed by atoms with E-state index in [-0.39, 0.29) is 17.4 Å². The van der Waals surface area contributed by atoms with Crippen LogP contribution in [0.5, 0.6) is 0 Å². The van der Waals surface area contributed by atoms with Crippen LogP contribution in [-0.2, 0) is 6.42 Å². The summed E-state index contributed by atoms with van der Waals surface area (Å²) in [6.45, 7) is 4.35. The molecule has 0 aliphatic heterocycles. The number of rotatable bonds is 7. The first-order valence-electron chi connectivity index (χ1n) is 6.98. The van der Waals surface area contributed by atoms with Crippen LogP contribution in [0, 0.1) is 5.82 Å². The second kappa shape index (κ2) is 7.50. The molecular formula is C15H25BrFN3. The Kier molecular flexibility index (Phi) is 6.58. The largest absolute Gasteiger partial charge is 0.302 e. The van der Waals surface area contributed by atoms with Gasteiger partial charge in [-0.05, 0) is 67.0 Å². The number of benzene rings is 1. The van der Waals surface area contributed by atoms with E-state index in [2.05, 4.69) is 54.2 Å². The molecule has 3 nitrogen and oxygen atoms in total. The average Bonchev–Trinajstić information content (AvgIpc) is 2.43. The van der Waals surface area contributed by atoms with E-state index in [0.717, 1.165) is 24.8 Å². The SMILES string of the molecule is CCC(CC)(C(Cc1ccc(F)c(Br)c1)NN)N(C)C. The van der Waals surface area contributed by atoms with Crippen molar-refractivity contribution in [3.05, 3.63) is 34.1 Å². The summed E-state index contributed by atoms with van der Waals surface area (Å²) in [7, 11) is 4.16. The van der Waals surface area contributed by atoms with Crippen LogP contribution < -0.4 is 11.3 Å². The maximum atomic E-state index is 13.3. The predicted octanol–water partition coefficient (Wildman–Crippen LogP) is 3.08. The van der Waals surface area contributed by atoms with Gasteiger partial charge in [0.2, 0.25) is 0 Å². The summed E-state index contributed by atoms with van der Waals surface area (Å²) in [6, 6.07) is 5.23. The molecule has 0 saturated carbocycles. The molecule has 0 fully saturated rings. The molecule has 0 heterocycles. The van der Waals surface area contributed by atoms with Crippen molar-refractivity contribution in [1.82, 2.24) is 10.3 Å². The van der Waals surface area contributed by atoms with Crippen molar-refractivity contribution in [1.29, 1.82) is 0 Å². The summed E-state index contributed by atoms with van der Waals surface area (Å²) in [5.41, 5.74) is 4.00. The topological polar surface area (TPSA) is 41.3 Å². The lowest BCUT2D eigenvalue weighted by Gasteiger charge is -2.45. The Morgan fingerprint density at radius 1 is 1.35 bits per heavy atom. The van der Waals surface area contributed by atoms with Crippen molar-refractivity contribution in [2.24, 2.45) is 5.84 Å². The molecule has 0 aromatic heterocycles. The molecule has 114 valence electrons. The number of hydrogen-bond donors (Lipinski definition) is 2. The third-order valence-corrected chi connectivity index (χ3v) is 5.00. The standard InChI is InChI=1S/C15H25BrFN3/c1-5-15(6-2,20(3)4)14(19-18)10-11-7-8-13(17)12(16)9-11/h7-9,14,19H,5-6,10,18H2,1-4H3. The highest BCUT2D eigenvalue weighted by Gasteiger charge is 2.37. The van der Waals surface area contributed by atoms with E-state index in [4.69, 9.17) is 5.84 Å². The molecule has 0 saturated heterocycles. The highest BCUT2D eigenvalue weighted by atomic mass is 79.9. The van der Waals surface area contributed by atoms with E-state index in [1.165, 1.54) is 6.07 Å². The third-order valence-electron chi connectivity index (χ3n) is 4.39. The molecule has 0 bridgehead atoms. The van der Waals surface area contributed by atoms with Crippen LogP contribution in [-0.4, -0.2) is 30.6 Å². The molecular weight excluding hydrogens is 321 g/mol. The molecule has 1 unspecified atom stereocenters. The molecule has 20 heavy (non-hydrogen) atoms. The third kappa shape index (κ3) is 3.58. The monoisotopic (exact) mass is 345 g/mol. The Bertz CT molecular complexity index is 433. The van der Waals surface area contributed by atoms with Crippen LogP contribution in [0.15, 0.2) is 22.7 Å². The summed E-state index contributed by atoms with van der Waals surface area (Å²) < 4.78 is 13.8. The quantitative estimate of drug-likeness (QED) is 0.589. The molecule has 1 aromatic carbocycles. The van der Waals surface area contributed by atoms with Crippen molar-refractivity contribution in [2.75, 3.05) is 14.1 Å². The van der Waals surface area contributed by atoms with Crippen molar-refractivity contribution >= 4 is 15.9 Å². The molecule has 3 N–H and O–H groups in total. The number of halogens is 2. The van der Waals surface area contributed by atoms with Crippen LogP contribution in [0.3, 0.4) is 0 Å². The maximum Gasteiger partial charge on any atom is 0.137 e. The van der Waals surface area contributed by atoms with Gasteiger partial charge in [-0.3, -0.25) is 11.3 Å². The predicted molar refractivity (Wildman–Crippen MR) is 85.9 cm³/mol. The van der Waals surface area contributed by atoms with Crippen LogP contribution >= 0.6 is 15.9 Å². The lowest BCUT2D eigenvalue weighted by molar-refractivity contribution is 0.0882. The first-order valence-corrected chi connectivity index (χ1v) is 7.78. The number of hydrogen-bond acceptors (Lipinski definition) is 3. The molecule has 1 atom stereocenters. The molecule has 0 aliphatic rings. The van der Waals surface area contributed by atoms with Crippen LogP contribution in [0.2, 0.25) is 0 Å². The van der Waals surface area contributed by atoms with Gasteiger partial charge in [0.15, 0.2) is 0 Å². The number of nitrogens with two attached hydrogens (primary N) is 1. The number of nitrogens with zero attached hydrogens (tertiary/aromatic N) is 1. The number of likely N-dealkylation sites (N-methyl/N-ethyl adjacent to an activating group) is 1. The van der Waals surface area contributed by atoms with Crippen molar-refractivity contribution in [3.8, 4) is 0 Å². The van der Waals surface area contributed by atoms with Crippen LogP contribution in [0.25, 0.3) is 0 Å². The van der Waals surface area contributed by atoms with E-state index < -0.39 is 0 Å². The minimum atomic E-state index is -0.240. The minimum absolute atomic E-state index is 0.0182. The maximum absolute atomic E-state index is 13.3. The normalized spacial score (nSPS) is 13.8. The van der Waals surface area contributed by atoms with E-state index in [1.807, 2.05) is 12.1 Å². The summed E-state index contributed by atoms with van der Waals surface area (Å²) in [4.78, 5) is 2.23. The summed E-state index contributed by atoms with van der Waals surface area (Å²) >= 11 is 3.23. The fourth-order valence-electron chi connectivity index (χ4n) is 2.99. The van der Waals surface area contributed by atoms with Gasteiger partial charge in [0.05, 0.1) is 4.47 Å². The van der Waals surface area contributed by atoms with Crippen molar-refractivity contribution in [2.45, 2.75) is 44.7 Å². The van der Waals surface area contributed by atoms with Gasteiger partial charge in [0.1, 0.15) is 5.82 Å². The number of hydrazine groups is 1. The first kappa shape index (κ1) is 17.6. The van der Waals surface area contributed by atoms with Gasteiger partial charge in [-0.1, -0.05) is 19.9 Å². The Hall–Kier alpha value is -0.490. The molecule has 0 radical (unpaired) electrons. The fourth-order valence-corrected chi connectivity index (χ4v) is 3.42. The van der Waals surface area contributed by atoms with Gasteiger partial charge in [0, 0.05) is 11.6 Å². The second-order valence-corrected chi connectivity index (χ2v) is 6.23. The lowest BCUT2D eigenvalue weighted by atomic mass is 9.80. The Morgan fingerprint density at radius 2 is 1.95 bits per heavy atom. The molecule has 1 rings (SSSR count). The summed E-state index contributed by atoms with van der Waals surface area (Å²) in [5, 5.41) is 0. The van der Waals surface area contributed by atoms with Gasteiger partial charge in [-0.2, -0.15) is 0 Å². The van der Waals surface area contributed by atoms with E-state index in [1.54, 1.807) is 0 Å². The average molecular weight is 346 g/mol. The molecule has 1 aromatic rings. The van der Waals surface area contributed by atoms with E-state index in [9.17, 15) is 4.39 Å². The molecule has 0 aliphatic carbocycles. The Morgan fingerprint density at radius 3 is 2.35 bits per heavy atom. The first-order chi connectivity index (χ1) is 9.41. The summed E-state index contributed by atoms with van der Waals surface area (Å²) in [6.07, 6.45) is 2.75. The van der Waals surface area contributed by atoms with Gasteiger partial charge < -0.3 is 4.90 Å². The lowest BCUT2D eigenvalue weighted by Crippen LogP contribution is -2.61. The van der Waals surface area contributed by atoms with Gasteiger partial charge in [-0.15, -0.1) is 0 Å². The van der Waals surface area contributed by atoms with Crippen molar-refractivity contribution < 1.29 is 4.39 Å². The highest BCUT2D eigenvalue weighted by molar-refractivity contribution is 9.10. The Labute approximate surface area is 129 Å². The zero-order valence-electron chi connectivity index (χ0n) is 12.7. The highest BCUT2D eigenvalue weighted by Crippen LogP contribution is 2.28. The van der Waals surface area contributed by atoms with Gasteiger partial charge >= 0.3 is 0 Å². The minimum Gasteiger partial charge on any atom is -0.302 e. The van der Waals surface area contributed by atoms with Crippen LogP contribution in [0.4, 0.5) is 4.39 Å². The zero-order chi connectivity index (χ0) is 15.3. The summed E-state index contributed by atoms with van der Waals surface area (Å²) in [5.74, 6) is 5.56. The van der Waals surface area contributed by atoms with Crippen molar-refractivity contribution in [3.63, 3.8) is 0 Å². The molecule has 5 heteroatoms. The molecule has 0 spiro atoms. The van der Waals surface area contributed by atoms with E-state index >= 15 is 0 Å². The van der Waals surface area contributed by atoms with Gasteiger partial charge in [0.25, 0.3) is 0 Å². The fraction of sp³-hybridized carbons (Fsp3) is 0.600. The Balaban J connectivity index is 3.03. The zero-order valence-corrected chi connectivity index (χ0v) is 14.3. The van der Waals surface area contributed by atoms with E-state index in [0.29, 0.717) is 4.47 Å².